The van der Waals surface area contributed by atoms with Crippen LogP contribution in [0, 0.1) is 0 Å². The van der Waals surface area contributed by atoms with E-state index in [4.69, 9.17) is 62.5 Å². The van der Waals surface area contributed by atoms with Gasteiger partial charge in [-0.15, -0.1) is 22.7 Å². The fraction of sp³-hybridized carbons (Fsp3) is 0. The molecule has 0 radical (unpaired) electrons. The smallest absolute Gasteiger partial charge is 0.168 e. The molecule has 0 aliphatic heterocycles. The van der Waals surface area contributed by atoms with Gasteiger partial charge in [0.25, 0.3) is 0 Å². The molecular formula is C131H75N9O4S2. The molecule has 680 valence electrons. The molecule has 9 heterocycles. The van der Waals surface area contributed by atoms with E-state index in [-0.39, 0.29) is 0 Å². The lowest BCUT2D eigenvalue weighted by Gasteiger charge is -2.11. The lowest BCUT2D eigenvalue weighted by Crippen LogP contribution is -2.01. The fourth-order valence-corrected chi connectivity index (χ4v) is 23.2. The monoisotopic (exact) mass is 1900 g/mol. The van der Waals surface area contributed by atoms with E-state index < -0.39 is 0 Å². The van der Waals surface area contributed by atoms with Gasteiger partial charge in [-0.2, -0.15) is 0 Å². The topological polar surface area (TPSA) is 169 Å². The first-order chi connectivity index (χ1) is 72.2. The molecular weight excluding hydrogens is 1830 g/mol. The summed E-state index contributed by atoms with van der Waals surface area (Å²) in [5.74, 6) is 5.49. The van der Waals surface area contributed by atoms with E-state index in [0.29, 0.717) is 52.4 Å². The maximum Gasteiger partial charge on any atom is 0.168 e. The van der Waals surface area contributed by atoms with Crippen molar-refractivity contribution in [1.82, 2.24) is 44.9 Å². The van der Waals surface area contributed by atoms with Crippen LogP contribution in [0.1, 0.15) is 0 Å². The number of fused-ring (bicyclic) bond motifs is 24. The molecule has 0 atom stereocenters. The van der Waals surface area contributed by atoms with E-state index in [1.807, 2.05) is 84.9 Å². The van der Waals surface area contributed by atoms with Gasteiger partial charge in [0.1, 0.15) is 44.7 Å². The molecule has 0 N–H and O–H groups in total. The lowest BCUT2D eigenvalue weighted by molar-refractivity contribution is 0.669. The fourth-order valence-electron chi connectivity index (χ4n) is 20.9. The van der Waals surface area contributed by atoms with Crippen molar-refractivity contribution in [2.75, 3.05) is 0 Å². The maximum atomic E-state index is 6.59. The van der Waals surface area contributed by atoms with Crippen molar-refractivity contribution in [2.45, 2.75) is 0 Å². The predicted octanol–water partition coefficient (Wildman–Crippen LogP) is 36.1. The van der Waals surface area contributed by atoms with Gasteiger partial charge in [-0.1, -0.05) is 352 Å². The first-order valence-electron chi connectivity index (χ1n) is 48.5. The van der Waals surface area contributed by atoms with Crippen LogP contribution in [-0.4, -0.2) is 44.9 Å². The number of rotatable bonds is 11. The van der Waals surface area contributed by atoms with E-state index >= 15 is 0 Å². The number of hydrogen-bond donors (Lipinski definition) is 0. The van der Waals surface area contributed by atoms with Crippen molar-refractivity contribution in [3.05, 3.63) is 455 Å². The maximum absolute atomic E-state index is 6.59. The van der Waals surface area contributed by atoms with Crippen molar-refractivity contribution in [1.29, 1.82) is 0 Å². The summed E-state index contributed by atoms with van der Waals surface area (Å²) < 4.78 is 30.4. The summed E-state index contributed by atoms with van der Waals surface area (Å²) in [4.78, 5) is 46.1. The second kappa shape index (κ2) is 34.4. The molecule has 0 aliphatic rings. The zero-order valence-corrected chi connectivity index (χ0v) is 79.4. The quantitative estimate of drug-likeness (QED) is 0.112. The Balaban J connectivity index is 0.000000104. The van der Waals surface area contributed by atoms with Gasteiger partial charge >= 0.3 is 0 Å². The Bertz CT molecular complexity index is 10800. The standard InChI is InChI=1S/C45H25N3OS.C43H25N3O2.C43H25N3OS/c1-2-8-33-26(7-1)13-15-28-21-30(17-19-34(28)33)44-46-43(47-45(48-44)31-18-20-37-36-10-4-6-12-41(36)50-42(37)25-31)29-16-14-27-23-38-35-9-3-5-11-39(35)49-40(38)24-32(27)22-29;1-2-9-26(10-3-1)27-17-19-28(20-18-27)41-44-42(46-43(45-41)35-14-8-13-34-32-11-4-7-16-38(32)48-40(34)35)30-22-21-29-25-39-36(24-31(29)23-30)33-12-5-6-15-37(33)47-39;1-2-10-26(11-3-1)27-18-20-28(21-19-27)41-44-42(30-22-23-34-33-15-7-9-17-37(33)48-38(34)25-30)46-43(45-41)39-31-13-5-4-12-29(31)24-35-32-14-6-8-16-36(32)47-40(35)39/h1-25H;2*1-25H. The van der Waals surface area contributed by atoms with Crippen molar-refractivity contribution >= 4 is 205 Å². The summed E-state index contributed by atoms with van der Waals surface area (Å²) in [6, 6.07) is 158. The first-order valence-corrected chi connectivity index (χ1v) is 50.2. The summed E-state index contributed by atoms with van der Waals surface area (Å²) in [7, 11) is 0. The van der Waals surface area contributed by atoms with Crippen LogP contribution < -0.4 is 0 Å². The zero-order valence-electron chi connectivity index (χ0n) is 77.8. The minimum Gasteiger partial charge on any atom is -0.456 e. The number of para-hydroxylation sites is 5. The highest BCUT2D eigenvalue weighted by atomic mass is 32.1. The molecule has 31 rings (SSSR count). The van der Waals surface area contributed by atoms with Crippen molar-refractivity contribution in [2.24, 2.45) is 0 Å². The molecule has 13 nitrogen and oxygen atoms in total. The number of nitrogens with zero attached hydrogens (tertiary/aromatic N) is 9. The largest absolute Gasteiger partial charge is 0.456 e. The number of aromatic nitrogens is 9. The van der Waals surface area contributed by atoms with Gasteiger partial charge in [-0.05, 0) is 179 Å². The average Bonchev–Trinajstić information content (AvgIpc) is 1.58. The van der Waals surface area contributed by atoms with Crippen LogP contribution in [0.15, 0.2) is 473 Å². The van der Waals surface area contributed by atoms with Crippen LogP contribution in [0.25, 0.3) is 307 Å². The van der Waals surface area contributed by atoms with Crippen molar-refractivity contribution in [3.8, 4) is 125 Å². The Kier molecular flexibility index (Phi) is 19.7. The summed E-state index contributed by atoms with van der Waals surface area (Å²) >= 11 is 3.59. The highest BCUT2D eigenvalue weighted by Crippen LogP contribution is 2.47. The third-order valence-corrected chi connectivity index (χ3v) is 30.4. The molecule has 15 heteroatoms. The zero-order chi connectivity index (χ0) is 96.0. The Labute approximate surface area is 840 Å². The molecule has 0 saturated carbocycles. The molecule has 0 saturated heterocycles. The Hall–Kier alpha value is -19.2. The Morgan fingerprint density at radius 2 is 0.445 bits per heavy atom. The first kappa shape index (κ1) is 83.8. The Morgan fingerprint density at radius 3 is 0.979 bits per heavy atom. The van der Waals surface area contributed by atoms with Crippen LogP contribution in [0.4, 0.5) is 0 Å². The molecule has 0 spiro atoms. The van der Waals surface area contributed by atoms with Crippen LogP contribution in [0.5, 0.6) is 0 Å². The van der Waals surface area contributed by atoms with Gasteiger partial charge in [0.15, 0.2) is 52.4 Å². The van der Waals surface area contributed by atoms with E-state index in [1.54, 1.807) is 22.7 Å². The van der Waals surface area contributed by atoms with Gasteiger partial charge in [0, 0.05) is 122 Å². The summed E-state index contributed by atoms with van der Waals surface area (Å²) in [5, 5.41) is 25.0. The van der Waals surface area contributed by atoms with Gasteiger partial charge in [-0.25, -0.2) is 44.9 Å². The average molecular weight is 1900 g/mol. The van der Waals surface area contributed by atoms with Crippen molar-refractivity contribution in [3.63, 3.8) is 0 Å². The SMILES string of the molecule is c1ccc(-c2ccc(-c3nc(-c4ccc5c(c4)sc4ccccc45)nc(-c4c5ccccc5cc5c4oc4ccccc45)n3)cc2)cc1.c1ccc(-c2ccc(-c3nc(-c4ccc5cc6oc7ccccc7c6cc5c4)nc(-c4cccc5c4oc4ccccc45)n3)cc2)cc1.c1ccc2c(c1)ccc1cc(-c3nc(-c4ccc5cc6c(cc5c4)oc4ccccc46)nc(-c4ccc5c(c4)sc4ccccc45)n3)ccc12. The molecule has 9 aromatic heterocycles. The van der Waals surface area contributed by atoms with E-state index in [9.17, 15) is 0 Å². The summed E-state index contributed by atoms with van der Waals surface area (Å²) in [5.41, 5.74) is 19.5. The highest BCUT2D eigenvalue weighted by Gasteiger charge is 2.26. The molecule has 0 unspecified atom stereocenters. The van der Waals surface area contributed by atoms with E-state index in [0.717, 1.165) is 192 Å². The highest BCUT2D eigenvalue weighted by molar-refractivity contribution is 7.26. The van der Waals surface area contributed by atoms with Gasteiger partial charge in [0.2, 0.25) is 0 Å². The third-order valence-electron chi connectivity index (χ3n) is 28.1. The summed E-state index contributed by atoms with van der Waals surface area (Å²) in [6.07, 6.45) is 0. The molecule has 0 bridgehead atoms. The molecule has 0 fully saturated rings. The molecule has 146 heavy (non-hydrogen) atoms. The Morgan fingerprint density at radius 1 is 0.137 bits per heavy atom. The van der Waals surface area contributed by atoms with Crippen LogP contribution >= 0.6 is 22.7 Å². The second-order valence-corrected chi connectivity index (χ2v) is 39.1. The van der Waals surface area contributed by atoms with Crippen LogP contribution in [-0.2, 0) is 0 Å². The number of furan rings is 4. The van der Waals surface area contributed by atoms with Crippen LogP contribution in [0.2, 0.25) is 0 Å². The second-order valence-electron chi connectivity index (χ2n) is 36.9. The normalized spacial score (nSPS) is 11.8. The number of hydrogen-bond acceptors (Lipinski definition) is 15. The third kappa shape index (κ3) is 14.7. The van der Waals surface area contributed by atoms with Crippen molar-refractivity contribution < 1.29 is 17.7 Å². The van der Waals surface area contributed by atoms with E-state index in [2.05, 4.69) is 370 Å². The molecule has 0 aliphatic carbocycles. The molecule has 31 aromatic rings. The van der Waals surface area contributed by atoms with Gasteiger partial charge < -0.3 is 17.7 Å². The predicted molar refractivity (Wildman–Crippen MR) is 602 cm³/mol. The minimum absolute atomic E-state index is 0.558. The van der Waals surface area contributed by atoms with Gasteiger partial charge in [0.05, 0.1) is 11.1 Å². The minimum atomic E-state index is 0.558. The van der Waals surface area contributed by atoms with E-state index in [1.165, 1.54) is 62.1 Å². The molecule has 0 amide bonds. The lowest BCUT2D eigenvalue weighted by atomic mass is 9.99. The van der Waals surface area contributed by atoms with Crippen LogP contribution in [0.3, 0.4) is 0 Å². The number of thiophene rings is 2. The van der Waals surface area contributed by atoms with Gasteiger partial charge in [-0.3, -0.25) is 0 Å². The summed E-state index contributed by atoms with van der Waals surface area (Å²) in [6.45, 7) is 0. The number of benzene rings is 22. The molecule has 22 aromatic carbocycles.